The van der Waals surface area contributed by atoms with Crippen LogP contribution >= 0.6 is 0 Å². The van der Waals surface area contributed by atoms with Crippen molar-refractivity contribution in [2.75, 3.05) is 0 Å². The Labute approximate surface area is 153 Å². The van der Waals surface area contributed by atoms with Gasteiger partial charge in [0.2, 0.25) is 0 Å². The molecule has 3 aromatic rings. The summed E-state index contributed by atoms with van der Waals surface area (Å²) >= 11 is 0. The third-order valence-corrected chi connectivity index (χ3v) is 4.59. The zero-order chi connectivity index (χ0) is 18.7. The summed E-state index contributed by atoms with van der Waals surface area (Å²) < 4.78 is 1.75. The molecule has 6 heteroatoms. The standard InChI is InChI=1S/C20H19N3O2Si/c1-26(2,3)14-13-20-19(16-7-5-4-6-8-16)15-21-22(20)17-9-11-18(12-10-17)23(24)25/h4-12,15H,1-3H3. The fourth-order valence-corrected chi connectivity index (χ4v) is 2.95. The van der Waals surface area contributed by atoms with E-state index in [1.165, 1.54) is 12.1 Å². The fraction of sp³-hybridized carbons (Fsp3) is 0.150. The lowest BCUT2D eigenvalue weighted by atomic mass is 10.1. The van der Waals surface area contributed by atoms with Gasteiger partial charge in [-0.1, -0.05) is 55.9 Å². The Morgan fingerprint density at radius 3 is 2.27 bits per heavy atom. The van der Waals surface area contributed by atoms with Crippen LogP contribution in [0.3, 0.4) is 0 Å². The van der Waals surface area contributed by atoms with Gasteiger partial charge in [0, 0.05) is 17.7 Å². The molecular formula is C20H19N3O2Si. The highest BCUT2D eigenvalue weighted by molar-refractivity contribution is 6.83. The molecule has 0 saturated heterocycles. The number of non-ortho nitro benzene ring substituents is 1. The smallest absolute Gasteiger partial charge is 0.258 e. The highest BCUT2D eigenvalue weighted by atomic mass is 28.3. The summed E-state index contributed by atoms with van der Waals surface area (Å²) in [6.07, 6.45) is 1.80. The van der Waals surface area contributed by atoms with E-state index in [4.69, 9.17) is 0 Å². The van der Waals surface area contributed by atoms with Crippen molar-refractivity contribution in [3.05, 3.63) is 76.6 Å². The van der Waals surface area contributed by atoms with Crippen molar-refractivity contribution in [1.82, 2.24) is 9.78 Å². The van der Waals surface area contributed by atoms with Gasteiger partial charge in [-0.05, 0) is 17.7 Å². The molecule has 0 N–H and O–H groups in total. The minimum atomic E-state index is -1.58. The second-order valence-corrected chi connectivity index (χ2v) is 11.7. The van der Waals surface area contributed by atoms with Crippen LogP contribution in [0, 0.1) is 21.6 Å². The van der Waals surface area contributed by atoms with E-state index in [0.717, 1.165) is 22.5 Å². The second-order valence-electron chi connectivity index (χ2n) is 6.96. The average Bonchev–Trinajstić information content (AvgIpc) is 3.04. The molecule has 0 spiro atoms. The number of benzene rings is 2. The summed E-state index contributed by atoms with van der Waals surface area (Å²) in [5, 5.41) is 15.4. The van der Waals surface area contributed by atoms with Gasteiger partial charge in [-0.3, -0.25) is 10.1 Å². The first-order valence-corrected chi connectivity index (χ1v) is 11.8. The van der Waals surface area contributed by atoms with Gasteiger partial charge < -0.3 is 0 Å². The van der Waals surface area contributed by atoms with Gasteiger partial charge >= 0.3 is 0 Å². The summed E-state index contributed by atoms with van der Waals surface area (Å²) in [5.74, 6) is 3.31. The van der Waals surface area contributed by atoms with Crippen molar-refractivity contribution in [2.24, 2.45) is 0 Å². The van der Waals surface area contributed by atoms with Gasteiger partial charge in [-0.15, -0.1) is 5.54 Å². The van der Waals surface area contributed by atoms with E-state index in [2.05, 4.69) is 36.2 Å². The van der Waals surface area contributed by atoms with E-state index in [0.29, 0.717) is 0 Å². The molecule has 26 heavy (non-hydrogen) atoms. The summed E-state index contributed by atoms with van der Waals surface area (Å²) in [5.41, 5.74) is 6.99. The molecule has 3 rings (SSSR count). The van der Waals surface area contributed by atoms with Crippen LogP contribution in [0.2, 0.25) is 19.6 Å². The molecule has 0 unspecified atom stereocenters. The molecule has 0 aliphatic rings. The molecule has 5 nitrogen and oxygen atoms in total. The van der Waals surface area contributed by atoms with Gasteiger partial charge in [0.25, 0.3) is 5.69 Å². The van der Waals surface area contributed by atoms with E-state index in [-0.39, 0.29) is 5.69 Å². The highest BCUT2D eigenvalue weighted by Crippen LogP contribution is 2.26. The monoisotopic (exact) mass is 361 g/mol. The van der Waals surface area contributed by atoms with Crippen molar-refractivity contribution in [2.45, 2.75) is 19.6 Å². The van der Waals surface area contributed by atoms with Crippen LogP contribution < -0.4 is 0 Å². The third-order valence-electron chi connectivity index (χ3n) is 3.72. The lowest BCUT2D eigenvalue weighted by Gasteiger charge is -2.07. The second kappa shape index (κ2) is 6.98. The van der Waals surface area contributed by atoms with Crippen molar-refractivity contribution in [3.63, 3.8) is 0 Å². The first kappa shape index (κ1) is 17.6. The molecule has 1 heterocycles. The normalized spacial score (nSPS) is 10.9. The maximum Gasteiger partial charge on any atom is 0.269 e. The van der Waals surface area contributed by atoms with Crippen LogP contribution in [0.1, 0.15) is 5.69 Å². The third kappa shape index (κ3) is 3.90. The molecule has 0 amide bonds. The topological polar surface area (TPSA) is 61.0 Å². The van der Waals surface area contributed by atoms with Gasteiger partial charge in [0.15, 0.2) is 0 Å². The number of hydrogen-bond donors (Lipinski definition) is 0. The summed E-state index contributed by atoms with van der Waals surface area (Å²) in [6, 6.07) is 16.3. The van der Waals surface area contributed by atoms with Crippen LogP contribution in [0.15, 0.2) is 60.8 Å². The zero-order valence-electron chi connectivity index (χ0n) is 14.9. The summed E-state index contributed by atoms with van der Waals surface area (Å²) in [7, 11) is -1.58. The number of nitro groups is 1. The Morgan fingerprint density at radius 2 is 1.69 bits per heavy atom. The molecule has 0 fully saturated rings. The fourth-order valence-electron chi connectivity index (χ4n) is 2.46. The number of aromatic nitrogens is 2. The molecule has 0 aliphatic heterocycles. The first-order chi connectivity index (χ1) is 12.3. The SMILES string of the molecule is C[Si](C)(C)C#Cc1c(-c2ccccc2)cnn1-c1ccc([N+](=O)[O-])cc1. The Bertz CT molecular complexity index is 992. The molecule has 130 valence electrons. The zero-order valence-corrected chi connectivity index (χ0v) is 15.9. The van der Waals surface area contributed by atoms with Crippen LogP contribution in [0.4, 0.5) is 5.69 Å². The molecule has 0 atom stereocenters. The van der Waals surface area contributed by atoms with Crippen molar-refractivity contribution >= 4 is 13.8 Å². The summed E-state index contributed by atoms with van der Waals surface area (Å²) in [4.78, 5) is 10.5. The molecule has 0 saturated carbocycles. The molecule has 0 radical (unpaired) electrons. The number of rotatable bonds is 3. The first-order valence-electron chi connectivity index (χ1n) is 8.26. The lowest BCUT2D eigenvalue weighted by molar-refractivity contribution is -0.384. The van der Waals surface area contributed by atoms with Crippen LogP contribution in [-0.4, -0.2) is 22.8 Å². The Morgan fingerprint density at radius 1 is 1.04 bits per heavy atom. The Balaban J connectivity index is 2.14. The highest BCUT2D eigenvalue weighted by Gasteiger charge is 2.15. The Kier molecular flexibility index (Phi) is 4.74. The largest absolute Gasteiger partial charge is 0.269 e. The molecule has 2 aromatic carbocycles. The molecule has 0 aliphatic carbocycles. The van der Waals surface area contributed by atoms with Gasteiger partial charge in [0.1, 0.15) is 13.8 Å². The van der Waals surface area contributed by atoms with E-state index >= 15 is 0 Å². The predicted octanol–water partition coefficient (Wildman–Crippen LogP) is 4.68. The lowest BCUT2D eigenvalue weighted by Crippen LogP contribution is -2.16. The van der Waals surface area contributed by atoms with Crippen molar-refractivity contribution in [1.29, 1.82) is 0 Å². The summed E-state index contributed by atoms with van der Waals surface area (Å²) in [6.45, 7) is 6.57. The van der Waals surface area contributed by atoms with Crippen LogP contribution in [0.5, 0.6) is 0 Å². The minimum absolute atomic E-state index is 0.0546. The average molecular weight is 361 g/mol. The van der Waals surface area contributed by atoms with E-state index < -0.39 is 13.0 Å². The van der Waals surface area contributed by atoms with Crippen LogP contribution in [-0.2, 0) is 0 Å². The van der Waals surface area contributed by atoms with Crippen LogP contribution in [0.25, 0.3) is 16.8 Å². The number of nitrogens with zero attached hydrogens (tertiary/aromatic N) is 3. The van der Waals surface area contributed by atoms with Gasteiger partial charge in [-0.25, -0.2) is 4.68 Å². The molecule has 0 bridgehead atoms. The van der Waals surface area contributed by atoms with E-state index in [1.807, 2.05) is 30.3 Å². The number of hydrogen-bond acceptors (Lipinski definition) is 3. The molecular weight excluding hydrogens is 342 g/mol. The quantitative estimate of drug-likeness (QED) is 0.295. The molecule has 1 aromatic heterocycles. The Hall–Kier alpha value is -3.17. The maximum absolute atomic E-state index is 10.9. The van der Waals surface area contributed by atoms with Gasteiger partial charge in [0.05, 0.1) is 16.8 Å². The maximum atomic E-state index is 10.9. The van der Waals surface area contributed by atoms with E-state index in [9.17, 15) is 10.1 Å². The predicted molar refractivity (Wildman–Crippen MR) is 106 cm³/mol. The minimum Gasteiger partial charge on any atom is -0.258 e. The van der Waals surface area contributed by atoms with Crippen molar-refractivity contribution < 1.29 is 4.92 Å². The van der Waals surface area contributed by atoms with Crippen molar-refractivity contribution in [3.8, 4) is 28.3 Å². The van der Waals surface area contributed by atoms with Gasteiger partial charge in [-0.2, -0.15) is 5.10 Å². The van der Waals surface area contributed by atoms with E-state index in [1.54, 1.807) is 23.0 Å². The number of nitro benzene ring substituents is 1.